The molecule has 1 aromatic rings. The number of rotatable bonds is 2. The van der Waals surface area contributed by atoms with Crippen molar-refractivity contribution in [3.63, 3.8) is 0 Å². The SMILES string of the molecule is Cc1ccc(CC2COCCC2O)cc1C. The third kappa shape index (κ3) is 2.63. The van der Waals surface area contributed by atoms with Crippen LogP contribution in [-0.2, 0) is 11.2 Å². The minimum Gasteiger partial charge on any atom is -0.393 e. The molecule has 0 saturated carbocycles. The van der Waals surface area contributed by atoms with E-state index in [1.807, 2.05) is 0 Å². The van der Waals surface area contributed by atoms with Gasteiger partial charge in [0.05, 0.1) is 12.7 Å². The third-order valence-electron chi connectivity index (χ3n) is 3.50. The van der Waals surface area contributed by atoms with Crippen molar-refractivity contribution in [2.45, 2.75) is 32.8 Å². The highest BCUT2D eigenvalue weighted by Gasteiger charge is 2.23. The lowest BCUT2D eigenvalue weighted by Gasteiger charge is -2.27. The first-order valence-electron chi connectivity index (χ1n) is 5.99. The summed E-state index contributed by atoms with van der Waals surface area (Å²) in [5.41, 5.74) is 3.95. The molecule has 1 aliphatic heterocycles. The summed E-state index contributed by atoms with van der Waals surface area (Å²) in [7, 11) is 0. The summed E-state index contributed by atoms with van der Waals surface area (Å²) in [6.45, 7) is 5.64. The highest BCUT2D eigenvalue weighted by Crippen LogP contribution is 2.21. The van der Waals surface area contributed by atoms with Gasteiger partial charge >= 0.3 is 0 Å². The van der Waals surface area contributed by atoms with Gasteiger partial charge in [-0.05, 0) is 43.4 Å². The monoisotopic (exact) mass is 220 g/mol. The van der Waals surface area contributed by atoms with E-state index in [2.05, 4.69) is 32.0 Å². The largest absolute Gasteiger partial charge is 0.393 e. The van der Waals surface area contributed by atoms with Gasteiger partial charge in [-0.25, -0.2) is 0 Å². The van der Waals surface area contributed by atoms with Gasteiger partial charge in [0.1, 0.15) is 0 Å². The molecule has 1 N–H and O–H groups in total. The van der Waals surface area contributed by atoms with Crippen molar-refractivity contribution in [1.82, 2.24) is 0 Å². The maximum atomic E-state index is 9.87. The smallest absolute Gasteiger partial charge is 0.0615 e. The van der Waals surface area contributed by atoms with E-state index in [4.69, 9.17) is 4.74 Å². The van der Waals surface area contributed by atoms with Crippen LogP contribution in [0.25, 0.3) is 0 Å². The molecule has 1 fully saturated rings. The third-order valence-corrected chi connectivity index (χ3v) is 3.50. The number of benzene rings is 1. The standard InChI is InChI=1S/C14H20O2/c1-10-3-4-12(7-11(10)2)8-13-9-16-6-5-14(13)15/h3-4,7,13-15H,5-6,8-9H2,1-2H3. The fraction of sp³-hybridized carbons (Fsp3) is 0.571. The molecular formula is C14H20O2. The van der Waals surface area contributed by atoms with Gasteiger partial charge in [-0.15, -0.1) is 0 Å². The van der Waals surface area contributed by atoms with E-state index in [0.717, 1.165) is 12.8 Å². The van der Waals surface area contributed by atoms with Gasteiger partial charge in [0.2, 0.25) is 0 Å². The Kier molecular flexibility index (Phi) is 3.62. The lowest BCUT2D eigenvalue weighted by atomic mass is 9.90. The van der Waals surface area contributed by atoms with Gasteiger partial charge in [-0.3, -0.25) is 0 Å². The van der Waals surface area contributed by atoms with Crippen LogP contribution in [0.3, 0.4) is 0 Å². The van der Waals surface area contributed by atoms with Crippen molar-refractivity contribution in [2.24, 2.45) is 5.92 Å². The molecule has 2 unspecified atom stereocenters. The second-order valence-corrected chi connectivity index (χ2v) is 4.81. The number of hydrogen-bond donors (Lipinski definition) is 1. The van der Waals surface area contributed by atoms with Gasteiger partial charge in [-0.2, -0.15) is 0 Å². The molecule has 2 nitrogen and oxygen atoms in total. The molecule has 16 heavy (non-hydrogen) atoms. The first kappa shape index (κ1) is 11.6. The molecule has 1 saturated heterocycles. The van der Waals surface area contributed by atoms with Crippen LogP contribution in [0.4, 0.5) is 0 Å². The van der Waals surface area contributed by atoms with Crippen molar-refractivity contribution < 1.29 is 9.84 Å². The van der Waals surface area contributed by atoms with Gasteiger partial charge < -0.3 is 9.84 Å². The van der Waals surface area contributed by atoms with Crippen molar-refractivity contribution in [3.05, 3.63) is 34.9 Å². The molecule has 2 heteroatoms. The number of hydrogen-bond acceptors (Lipinski definition) is 2. The van der Waals surface area contributed by atoms with Gasteiger partial charge in [0.25, 0.3) is 0 Å². The van der Waals surface area contributed by atoms with Crippen LogP contribution < -0.4 is 0 Å². The van der Waals surface area contributed by atoms with Crippen LogP contribution in [0, 0.1) is 19.8 Å². The molecule has 0 bridgehead atoms. The Hall–Kier alpha value is -0.860. The number of ether oxygens (including phenoxy) is 1. The molecule has 1 aromatic carbocycles. The molecule has 88 valence electrons. The molecule has 0 aromatic heterocycles. The minimum atomic E-state index is -0.199. The van der Waals surface area contributed by atoms with Crippen LogP contribution >= 0.6 is 0 Å². The van der Waals surface area contributed by atoms with Crippen molar-refractivity contribution in [1.29, 1.82) is 0 Å². The first-order chi connectivity index (χ1) is 7.66. The Morgan fingerprint density at radius 3 is 2.81 bits per heavy atom. The molecule has 1 heterocycles. The normalized spacial score (nSPS) is 25.7. The van der Waals surface area contributed by atoms with Gasteiger partial charge in [-0.1, -0.05) is 18.2 Å². The molecule has 0 amide bonds. The van der Waals surface area contributed by atoms with Crippen LogP contribution in [-0.4, -0.2) is 24.4 Å². The maximum Gasteiger partial charge on any atom is 0.0615 e. The van der Waals surface area contributed by atoms with Crippen LogP contribution in [0.2, 0.25) is 0 Å². The highest BCUT2D eigenvalue weighted by atomic mass is 16.5. The van der Waals surface area contributed by atoms with E-state index in [1.165, 1.54) is 16.7 Å². The van der Waals surface area contributed by atoms with E-state index in [-0.39, 0.29) is 12.0 Å². The van der Waals surface area contributed by atoms with Crippen molar-refractivity contribution in [3.8, 4) is 0 Å². The summed E-state index contributed by atoms with van der Waals surface area (Å²) >= 11 is 0. The summed E-state index contributed by atoms with van der Waals surface area (Å²) < 4.78 is 5.42. The van der Waals surface area contributed by atoms with E-state index in [0.29, 0.717) is 13.2 Å². The Morgan fingerprint density at radius 2 is 2.12 bits per heavy atom. The van der Waals surface area contributed by atoms with E-state index >= 15 is 0 Å². The lowest BCUT2D eigenvalue weighted by Crippen LogP contribution is -2.33. The second kappa shape index (κ2) is 4.98. The van der Waals surface area contributed by atoms with Gasteiger partial charge in [0, 0.05) is 12.5 Å². The summed E-state index contributed by atoms with van der Waals surface area (Å²) in [6, 6.07) is 6.53. The minimum absolute atomic E-state index is 0.199. The number of aliphatic hydroxyl groups is 1. The Balaban J connectivity index is 2.05. The van der Waals surface area contributed by atoms with Gasteiger partial charge in [0.15, 0.2) is 0 Å². The summed E-state index contributed by atoms with van der Waals surface area (Å²) in [6.07, 6.45) is 1.49. The Labute approximate surface area is 97.3 Å². The molecule has 0 spiro atoms. The maximum absolute atomic E-state index is 9.87. The summed E-state index contributed by atoms with van der Waals surface area (Å²) in [5.74, 6) is 0.260. The summed E-state index contributed by atoms with van der Waals surface area (Å²) in [4.78, 5) is 0. The Bertz CT molecular complexity index is 360. The number of aliphatic hydroxyl groups excluding tert-OH is 1. The quantitative estimate of drug-likeness (QED) is 0.828. The van der Waals surface area contributed by atoms with Crippen LogP contribution in [0.1, 0.15) is 23.1 Å². The zero-order valence-electron chi connectivity index (χ0n) is 10.1. The van der Waals surface area contributed by atoms with E-state index in [9.17, 15) is 5.11 Å². The van der Waals surface area contributed by atoms with Crippen molar-refractivity contribution in [2.75, 3.05) is 13.2 Å². The van der Waals surface area contributed by atoms with E-state index < -0.39 is 0 Å². The average molecular weight is 220 g/mol. The topological polar surface area (TPSA) is 29.5 Å². The predicted octanol–water partition coefficient (Wildman–Crippen LogP) is 2.24. The van der Waals surface area contributed by atoms with Crippen LogP contribution in [0.15, 0.2) is 18.2 Å². The van der Waals surface area contributed by atoms with Crippen LogP contribution in [0.5, 0.6) is 0 Å². The van der Waals surface area contributed by atoms with Crippen molar-refractivity contribution >= 4 is 0 Å². The summed E-state index contributed by atoms with van der Waals surface area (Å²) in [5, 5.41) is 9.87. The average Bonchev–Trinajstić information content (AvgIpc) is 2.27. The zero-order valence-corrected chi connectivity index (χ0v) is 10.1. The number of aryl methyl sites for hydroxylation is 2. The molecule has 0 aliphatic carbocycles. The molecule has 2 atom stereocenters. The fourth-order valence-corrected chi connectivity index (χ4v) is 2.21. The molecule has 0 radical (unpaired) electrons. The Morgan fingerprint density at radius 1 is 1.31 bits per heavy atom. The van der Waals surface area contributed by atoms with E-state index in [1.54, 1.807) is 0 Å². The zero-order chi connectivity index (χ0) is 11.5. The predicted molar refractivity (Wildman–Crippen MR) is 64.6 cm³/mol. The fourth-order valence-electron chi connectivity index (χ4n) is 2.21. The second-order valence-electron chi connectivity index (χ2n) is 4.81. The first-order valence-corrected chi connectivity index (χ1v) is 5.99. The highest BCUT2D eigenvalue weighted by molar-refractivity contribution is 5.30. The molecule has 2 rings (SSSR count). The molecule has 1 aliphatic rings. The lowest BCUT2D eigenvalue weighted by molar-refractivity contribution is -0.0350. The molecular weight excluding hydrogens is 200 g/mol.